The number of ether oxygens (including phenoxy) is 3. The van der Waals surface area contributed by atoms with Crippen LogP contribution in [0.5, 0.6) is 11.5 Å². The highest BCUT2D eigenvalue weighted by Crippen LogP contribution is 2.48. The third kappa shape index (κ3) is 9.26. The predicted molar refractivity (Wildman–Crippen MR) is 168 cm³/mol. The molecule has 0 fully saturated rings. The van der Waals surface area contributed by atoms with Crippen molar-refractivity contribution in [2.24, 2.45) is 0 Å². The van der Waals surface area contributed by atoms with Gasteiger partial charge in [-0.25, -0.2) is 9.18 Å². The van der Waals surface area contributed by atoms with Crippen LogP contribution in [0.3, 0.4) is 0 Å². The Labute approximate surface area is 274 Å². The standard InChI is InChI=1S/C32H37F4N3O7S/c1-29(2,3)46-28(42)39-30(4,5)21-16-23(19-7-10-22(33)11-8-19)38-26(17-21)31(47-43,32(34,35)36)18-37-27(41)20-9-12-24(44-6)25(15-20)45-14-13-40/h7-12,15-17,40,43H,13-14,18H2,1-6H3,(H,37,41)(H,39,42). The number of methoxy groups -OCH3 is 1. The number of carbonyl (C=O) groups excluding carboxylic acids is 2. The number of hydrogen-bond donors (Lipinski definition) is 4. The van der Waals surface area contributed by atoms with E-state index in [2.05, 4.69) is 15.6 Å². The van der Waals surface area contributed by atoms with Gasteiger partial charge in [0.2, 0.25) is 0 Å². The normalized spacial score (nSPS) is 13.4. The Balaban J connectivity index is 2.12. The summed E-state index contributed by atoms with van der Waals surface area (Å²) in [7, 11) is 1.35. The van der Waals surface area contributed by atoms with Crippen molar-refractivity contribution >= 4 is 24.0 Å². The maximum Gasteiger partial charge on any atom is 0.412 e. The molecular formula is C32H37F4N3O7S. The molecule has 3 rings (SSSR count). The zero-order valence-electron chi connectivity index (χ0n) is 26.6. The van der Waals surface area contributed by atoms with Gasteiger partial charge in [-0.2, -0.15) is 13.2 Å². The lowest BCUT2D eigenvalue weighted by atomic mass is 9.90. The Hall–Kier alpha value is -4.08. The van der Waals surface area contributed by atoms with Crippen molar-refractivity contribution in [3.05, 3.63) is 77.2 Å². The van der Waals surface area contributed by atoms with Crippen molar-refractivity contribution in [2.45, 2.75) is 56.7 Å². The quantitative estimate of drug-likeness (QED) is 0.126. The first-order valence-electron chi connectivity index (χ1n) is 14.2. The zero-order chi connectivity index (χ0) is 35.2. The number of pyridine rings is 1. The van der Waals surface area contributed by atoms with Crippen molar-refractivity contribution in [3.63, 3.8) is 0 Å². The number of aliphatic hydroxyl groups excluding tert-OH is 1. The highest BCUT2D eigenvalue weighted by molar-refractivity contribution is 7.94. The minimum absolute atomic E-state index is 0.0219. The fraction of sp³-hybridized carbons (Fsp3) is 0.406. The number of nitrogens with zero attached hydrogens (tertiary/aromatic N) is 1. The summed E-state index contributed by atoms with van der Waals surface area (Å²) in [6.07, 6.45) is -6.03. The number of aromatic nitrogens is 1. The molecule has 1 aromatic heterocycles. The van der Waals surface area contributed by atoms with Crippen LogP contribution in [0.4, 0.5) is 22.4 Å². The monoisotopic (exact) mass is 683 g/mol. The third-order valence-corrected chi connectivity index (χ3v) is 7.70. The van der Waals surface area contributed by atoms with Crippen LogP contribution in [-0.2, 0) is 15.0 Å². The average Bonchev–Trinajstić information content (AvgIpc) is 2.98. The van der Waals surface area contributed by atoms with Crippen LogP contribution < -0.4 is 20.1 Å². The van der Waals surface area contributed by atoms with E-state index in [-0.39, 0.29) is 47.1 Å². The lowest BCUT2D eigenvalue weighted by Crippen LogP contribution is -2.49. The average molecular weight is 684 g/mol. The molecule has 0 radical (unpaired) electrons. The van der Waals surface area contributed by atoms with Crippen LogP contribution >= 0.6 is 12.0 Å². The first-order chi connectivity index (χ1) is 21.9. The van der Waals surface area contributed by atoms with Crippen molar-refractivity contribution in [1.82, 2.24) is 15.6 Å². The number of rotatable bonds is 12. The third-order valence-electron chi connectivity index (χ3n) is 6.80. The number of alkyl carbamates (subject to hydrolysis) is 1. The molecule has 10 nitrogen and oxygen atoms in total. The summed E-state index contributed by atoms with van der Waals surface area (Å²) in [5.41, 5.74) is -2.63. The molecule has 0 bridgehead atoms. The Kier molecular flexibility index (Phi) is 11.8. The van der Waals surface area contributed by atoms with Crippen molar-refractivity contribution in [1.29, 1.82) is 0 Å². The van der Waals surface area contributed by atoms with Gasteiger partial charge in [0, 0.05) is 29.7 Å². The molecule has 0 aliphatic rings. The lowest BCUT2D eigenvalue weighted by molar-refractivity contribution is -0.162. The predicted octanol–water partition coefficient (Wildman–Crippen LogP) is 6.42. The number of aliphatic hydroxyl groups is 1. The molecule has 1 heterocycles. The lowest BCUT2D eigenvalue weighted by Gasteiger charge is -2.35. The first kappa shape index (κ1) is 37.4. The largest absolute Gasteiger partial charge is 0.493 e. The fourth-order valence-corrected chi connectivity index (χ4v) is 4.80. The summed E-state index contributed by atoms with van der Waals surface area (Å²) in [6, 6.07) is 11.3. The number of amides is 2. The number of carbonyl (C=O) groups is 2. The Bertz CT molecular complexity index is 1560. The topological polar surface area (TPSA) is 139 Å². The minimum atomic E-state index is -5.19. The number of hydrogen-bond acceptors (Lipinski definition) is 9. The van der Waals surface area contributed by atoms with E-state index in [9.17, 15) is 18.5 Å². The number of nitrogens with one attached hydrogen (secondary N) is 2. The van der Waals surface area contributed by atoms with E-state index < -0.39 is 64.2 Å². The van der Waals surface area contributed by atoms with Gasteiger partial charge in [-0.3, -0.25) is 9.78 Å². The molecule has 1 unspecified atom stereocenters. The van der Waals surface area contributed by atoms with Gasteiger partial charge in [-0.1, -0.05) is 0 Å². The van der Waals surface area contributed by atoms with E-state index >= 15 is 13.2 Å². The summed E-state index contributed by atoms with van der Waals surface area (Å²) >= 11 is -0.564. The molecule has 256 valence electrons. The van der Waals surface area contributed by atoms with Crippen LogP contribution in [-0.4, -0.2) is 65.3 Å². The molecule has 0 saturated heterocycles. The Morgan fingerprint density at radius 3 is 2.17 bits per heavy atom. The molecule has 0 spiro atoms. The van der Waals surface area contributed by atoms with Crippen molar-refractivity contribution in [3.8, 4) is 22.8 Å². The van der Waals surface area contributed by atoms with E-state index in [1.165, 1.54) is 57.4 Å². The first-order valence-corrected chi connectivity index (χ1v) is 15.0. The van der Waals surface area contributed by atoms with Crippen LogP contribution in [0.2, 0.25) is 0 Å². The van der Waals surface area contributed by atoms with Gasteiger partial charge < -0.3 is 34.5 Å². The van der Waals surface area contributed by atoms with E-state index in [1.807, 2.05) is 0 Å². The van der Waals surface area contributed by atoms with E-state index in [1.54, 1.807) is 20.8 Å². The molecular weight excluding hydrogens is 646 g/mol. The smallest absolute Gasteiger partial charge is 0.412 e. The van der Waals surface area contributed by atoms with Gasteiger partial charge in [0.1, 0.15) is 18.0 Å². The van der Waals surface area contributed by atoms with E-state index in [0.29, 0.717) is 0 Å². The Morgan fingerprint density at radius 2 is 1.62 bits per heavy atom. The fourth-order valence-electron chi connectivity index (χ4n) is 4.36. The van der Waals surface area contributed by atoms with Crippen LogP contribution in [0, 0.1) is 5.82 Å². The molecule has 4 N–H and O–H groups in total. The van der Waals surface area contributed by atoms with Gasteiger partial charge in [-0.05, 0) is 94.8 Å². The summed E-state index contributed by atoms with van der Waals surface area (Å²) in [5, 5.41) is 14.0. The second kappa shape index (κ2) is 14.8. The molecule has 0 saturated carbocycles. The second-order valence-corrected chi connectivity index (χ2v) is 12.8. The number of benzene rings is 2. The van der Waals surface area contributed by atoms with Gasteiger partial charge in [0.25, 0.3) is 5.91 Å². The highest BCUT2D eigenvalue weighted by Gasteiger charge is 2.59. The summed E-state index contributed by atoms with van der Waals surface area (Å²) in [5.74, 6) is -1.22. The molecule has 1 atom stereocenters. The van der Waals surface area contributed by atoms with Crippen LogP contribution in [0.1, 0.15) is 56.2 Å². The highest BCUT2D eigenvalue weighted by atomic mass is 32.2. The van der Waals surface area contributed by atoms with Crippen LogP contribution in [0.25, 0.3) is 11.3 Å². The molecule has 15 heteroatoms. The summed E-state index contributed by atoms with van der Waals surface area (Å²) < 4.78 is 81.9. The summed E-state index contributed by atoms with van der Waals surface area (Å²) in [4.78, 5) is 30.1. The maximum absolute atomic E-state index is 15.1. The summed E-state index contributed by atoms with van der Waals surface area (Å²) in [6.45, 7) is 6.38. The minimum Gasteiger partial charge on any atom is -0.493 e. The maximum atomic E-state index is 15.1. The van der Waals surface area contributed by atoms with Crippen LogP contribution in [0.15, 0.2) is 54.6 Å². The Morgan fingerprint density at radius 1 is 0.957 bits per heavy atom. The van der Waals surface area contributed by atoms with Gasteiger partial charge in [0.15, 0.2) is 16.2 Å². The molecule has 0 aliphatic heterocycles. The number of alkyl halides is 3. The van der Waals surface area contributed by atoms with E-state index in [0.717, 1.165) is 18.2 Å². The van der Waals surface area contributed by atoms with Crippen molar-refractivity contribution < 1.29 is 51.0 Å². The molecule has 2 aromatic carbocycles. The van der Waals surface area contributed by atoms with Gasteiger partial charge in [0.05, 0.1) is 30.6 Å². The SMILES string of the molecule is COc1ccc(C(=O)NCC(SO)(c2cc(C(C)(C)NC(=O)OC(C)(C)C)cc(-c3ccc(F)cc3)n2)C(F)(F)F)cc1OCCO. The van der Waals surface area contributed by atoms with Gasteiger partial charge in [-0.15, -0.1) is 0 Å². The number of halogens is 4. The second-order valence-electron chi connectivity index (χ2n) is 11.9. The zero-order valence-corrected chi connectivity index (χ0v) is 27.4. The molecule has 0 aliphatic carbocycles. The van der Waals surface area contributed by atoms with Gasteiger partial charge >= 0.3 is 12.3 Å². The molecule has 3 aromatic rings. The van der Waals surface area contributed by atoms with Crippen molar-refractivity contribution in [2.75, 3.05) is 26.9 Å². The van der Waals surface area contributed by atoms with E-state index in [4.69, 9.17) is 19.3 Å². The molecule has 2 amide bonds. The molecule has 47 heavy (non-hydrogen) atoms.